The van der Waals surface area contributed by atoms with Crippen LogP contribution in [0.3, 0.4) is 0 Å². The molecular weight excluding hydrogens is 339 g/mol. The van der Waals surface area contributed by atoms with Crippen molar-refractivity contribution in [3.8, 4) is 17.5 Å². The summed E-state index contributed by atoms with van der Waals surface area (Å²) in [6, 6.07) is 3.32. The number of hydrogen-bond donors (Lipinski definition) is 1. The molecule has 0 fully saturated rings. The van der Waals surface area contributed by atoms with Gasteiger partial charge in [0.05, 0.1) is 12.4 Å². The predicted molar refractivity (Wildman–Crippen MR) is 94.2 cm³/mol. The zero-order valence-corrected chi connectivity index (χ0v) is 15.1. The fraction of sp³-hybridized carbons (Fsp3) is 0.389. The van der Waals surface area contributed by atoms with Crippen molar-refractivity contribution in [2.24, 2.45) is 0 Å². The van der Waals surface area contributed by atoms with Gasteiger partial charge < -0.3 is 19.2 Å². The van der Waals surface area contributed by atoms with Crippen molar-refractivity contribution in [2.45, 2.75) is 32.7 Å². The van der Waals surface area contributed by atoms with Gasteiger partial charge in [-0.1, -0.05) is 13.8 Å². The van der Waals surface area contributed by atoms with Gasteiger partial charge in [-0.25, -0.2) is 15.0 Å². The Bertz CT molecular complexity index is 880. The summed E-state index contributed by atoms with van der Waals surface area (Å²) in [7, 11) is 1.85. The van der Waals surface area contributed by atoms with Gasteiger partial charge in [0.25, 0.3) is 0 Å². The Hall–Kier alpha value is -2.74. The van der Waals surface area contributed by atoms with Crippen molar-refractivity contribution in [1.29, 1.82) is 0 Å². The molecule has 2 aromatic heterocycles. The average Bonchev–Trinajstić information content (AvgIpc) is 3.08. The summed E-state index contributed by atoms with van der Waals surface area (Å²) in [5.41, 5.74) is 0.521. The highest BCUT2D eigenvalue weighted by atomic mass is 19.1. The monoisotopic (exact) mass is 360 g/mol. The van der Waals surface area contributed by atoms with E-state index >= 15 is 0 Å². The van der Waals surface area contributed by atoms with E-state index in [0.29, 0.717) is 23.9 Å². The predicted octanol–water partition coefficient (Wildman–Crippen LogP) is 3.66. The lowest BCUT2D eigenvalue weighted by Gasteiger charge is -2.11. The molecule has 1 unspecified atom stereocenters. The third-order valence-corrected chi connectivity index (χ3v) is 3.77. The van der Waals surface area contributed by atoms with Crippen LogP contribution >= 0.6 is 0 Å². The van der Waals surface area contributed by atoms with Crippen LogP contribution in [0.1, 0.15) is 32.6 Å². The minimum absolute atomic E-state index is 0.00395. The van der Waals surface area contributed by atoms with E-state index < -0.39 is 5.82 Å². The van der Waals surface area contributed by atoms with Crippen LogP contribution in [0.25, 0.3) is 11.1 Å². The van der Waals surface area contributed by atoms with Crippen molar-refractivity contribution in [3.63, 3.8) is 0 Å². The molecule has 0 aliphatic carbocycles. The molecule has 0 aliphatic rings. The Morgan fingerprint density at radius 2 is 1.88 bits per heavy atom. The van der Waals surface area contributed by atoms with E-state index in [2.05, 4.69) is 20.3 Å². The first-order chi connectivity index (χ1) is 12.5. The number of nitrogens with one attached hydrogen (secondary N) is 1. The normalized spacial score (nSPS) is 12.5. The minimum Gasteiger partial charge on any atom is -0.475 e. The smallest absolute Gasteiger partial charge is 0.238 e. The Morgan fingerprint density at radius 3 is 2.54 bits per heavy atom. The summed E-state index contributed by atoms with van der Waals surface area (Å²) in [6.45, 7) is 6.30. The molecule has 1 N–H and O–H groups in total. The number of rotatable bonds is 7. The zero-order chi connectivity index (χ0) is 18.7. The van der Waals surface area contributed by atoms with Crippen molar-refractivity contribution in [3.05, 3.63) is 36.2 Å². The maximum absolute atomic E-state index is 14.6. The Labute approximate surface area is 150 Å². The van der Waals surface area contributed by atoms with Crippen LogP contribution in [0.5, 0.6) is 17.5 Å². The third-order valence-electron chi connectivity index (χ3n) is 3.77. The van der Waals surface area contributed by atoms with E-state index in [0.717, 1.165) is 0 Å². The van der Waals surface area contributed by atoms with Gasteiger partial charge in [0.2, 0.25) is 17.6 Å². The molecule has 0 saturated heterocycles. The summed E-state index contributed by atoms with van der Waals surface area (Å²) < 4.78 is 31.1. The number of aromatic nitrogens is 3. The highest BCUT2D eigenvalue weighted by Crippen LogP contribution is 2.31. The summed E-state index contributed by atoms with van der Waals surface area (Å²) in [4.78, 5) is 12.5. The summed E-state index contributed by atoms with van der Waals surface area (Å²) >= 11 is 0. The quantitative estimate of drug-likeness (QED) is 0.688. The standard InChI is InChI=1S/C18H21FN4O3/c1-10(2)18-23-12-5-6-13(16(19)17(12)26-18)25-15-8-21-14(7-22-15)24-9-11(3)20-4/h5-8,10-11,20H,9H2,1-4H3. The van der Waals surface area contributed by atoms with Gasteiger partial charge in [0.15, 0.2) is 17.2 Å². The Morgan fingerprint density at radius 1 is 1.15 bits per heavy atom. The largest absolute Gasteiger partial charge is 0.475 e. The molecule has 0 radical (unpaired) electrons. The number of ether oxygens (including phenoxy) is 2. The van der Waals surface area contributed by atoms with Crippen LogP contribution in [-0.2, 0) is 0 Å². The average molecular weight is 360 g/mol. The Kier molecular flexibility index (Phi) is 5.32. The molecule has 7 nitrogen and oxygen atoms in total. The third kappa shape index (κ3) is 3.91. The van der Waals surface area contributed by atoms with E-state index in [1.807, 2.05) is 27.8 Å². The molecule has 1 aromatic carbocycles. The van der Waals surface area contributed by atoms with Gasteiger partial charge in [0, 0.05) is 12.0 Å². The first-order valence-corrected chi connectivity index (χ1v) is 8.36. The Balaban J connectivity index is 1.75. The van der Waals surface area contributed by atoms with Gasteiger partial charge in [0.1, 0.15) is 12.1 Å². The van der Waals surface area contributed by atoms with Crippen LogP contribution in [0, 0.1) is 5.82 Å². The maximum atomic E-state index is 14.6. The summed E-state index contributed by atoms with van der Waals surface area (Å²) in [5, 5.41) is 3.06. The second-order valence-corrected chi connectivity index (χ2v) is 6.23. The molecule has 0 saturated carbocycles. The zero-order valence-electron chi connectivity index (χ0n) is 15.1. The van der Waals surface area contributed by atoms with Crippen LogP contribution < -0.4 is 14.8 Å². The first kappa shape index (κ1) is 18.1. The van der Waals surface area contributed by atoms with E-state index in [4.69, 9.17) is 13.9 Å². The van der Waals surface area contributed by atoms with Crippen LogP contribution in [-0.4, -0.2) is 34.6 Å². The minimum atomic E-state index is -0.619. The molecule has 0 bridgehead atoms. The van der Waals surface area contributed by atoms with Gasteiger partial charge in [-0.05, 0) is 26.1 Å². The second-order valence-electron chi connectivity index (χ2n) is 6.23. The highest BCUT2D eigenvalue weighted by molar-refractivity contribution is 5.75. The molecule has 8 heteroatoms. The molecule has 0 amide bonds. The van der Waals surface area contributed by atoms with Crippen LogP contribution in [0.15, 0.2) is 28.9 Å². The van der Waals surface area contributed by atoms with Crippen LogP contribution in [0.2, 0.25) is 0 Å². The molecule has 3 rings (SSSR count). The van der Waals surface area contributed by atoms with E-state index in [1.165, 1.54) is 18.5 Å². The summed E-state index contributed by atoms with van der Waals surface area (Å²) in [5.74, 6) is 0.444. The van der Waals surface area contributed by atoms with Crippen molar-refractivity contribution in [2.75, 3.05) is 13.7 Å². The van der Waals surface area contributed by atoms with Crippen LogP contribution in [0.4, 0.5) is 4.39 Å². The van der Waals surface area contributed by atoms with Crippen molar-refractivity contribution >= 4 is 11.1 Å². The molecule has 26 heavy (non-hydrogen) atoms. The molecule has 2 heterocycles. The number of benzene rings is 1. The molecular formula is C18H21FN4O3. The molecule has 138 valence electrons. The number of halogens is 1. The van der Waals surface area contributed by atoms with E-state index in [-0.39, 0.29) is 29.2 Å². The number of fused-ring (bicyclic) bond motifs is 1. The van der Waals surface area contributed by atoms with Crippen molar-refractivity contribution < 1.29 is 18.3 Å². The number of likely N-dealkylation sites (N-methyl/N-ethyl adjacent to an activating group) is 1. The fourth-order valence-corrected chi connectivity index (χ4v) is 2.12. The lowest BCUT2D eigenvalue weighted by Crippen LogP contribution is -2.28. The molecule has 1 atom stereocenters. The molecule has 3 aromatic rings. The van der Waals surface area contributed by atoms with E-state index in [1.54, 1.807) is 6.07 Å². The van der Waals surface area contributed by atoms with Crippen molar-refractivity contribution in [1.82, 2.24) is 20.3 Å². The SMILES string of the molecule is CNC(C)COc1cnc(Oc2ccc3nc(C(C)C)oc3c2F)cn1. The lowest BCUT2D eigenvalue weighted by atomic mass is 10.2. The topological polar surface area (TPSA) is 82.3 Å². The number of oxazole rings is 1. The molecule has 0 aliphatic heterocycles. The number of hydrogen-bond acceptors (Lipinski definition) is 7. The van der Waals surface area contributed by atoms with Gasteiger partial charge in [-0.15, -0.1) is 0 Å². The summed E-state index contributed by atoms with van der Waals surface area (Å²) in [6.07, 6.45) is 2.81. The van der Waals surface area contributed by atoms with Gasteiger partial charge in [-0.2, -0.15) is 4.39 Å². The molecule has 0 spiro atoms. The highest BCUT2D eigenvalue weighted by Gasteiger charge is 2.17. The van der Waals surface area contributed by atoms with Gasteiger partial charge >= 0.3 is 0 Å². The maximum Gasteiger partial charge on any atom is 0.238 e. The number of nitrogens with zero attached hydrogens (tertiary/aromatic N) is 3. The lowest BCUT2D eigenvalue weighted by molar-refractivity contribution is 0.268. The first-order valence-electron chi connectivity index (χ1n) is 8.36. The fourth-order valence-electron chi connectivity index (χ4n) is 2.12. The van der Waals surface area contributed by atoms with E-state index in [9.17, 15) is 4.39 Å². The van der Waals surface area contributed by atoms with Gasteiger partial charge in [-0.3, -0.25) is 0 Å². The second kappa shape index (κ2) is 7.65.